The van der Waals surface area contributed by atoms with Crippen molar-refractivity contribution >= 4 is 29.1 Å². The van der Waals surface area contributed by atoms with Crippen LogP contribution in [-0.4, -0.2) is 35.4 Å². The molecule has 7 nitrogen and oxygen atoms in total. The van der Waals surface area contributed by atoms with Crippen LogP contribution in [0.25, 0.3) is 11.8 Å². The minimum absolute atomic E-state index is 0.0297. The molecule has 0 spiro atoms. The summed E-state index contributed by atoms with van der Waals surface area (Å²) >= 11 is 1.27. The molecule has 1 aromatic carbocycles. The van der Waals surface area contributed by atoms with Crippen molar-refractivity contribution in [2.45, 2.75) is 39.7 Å². The van der Waals surface area contributed by atoms with Crippen LogP contribution in [0.4, 0.5) is 0 Å². The lowest BCUT2D eigenvalue weighted by molar-refractivity contribution is -0.138. The molecule has 0 aliphatic carbocycles. The van der Waals surface area contributed by atoms with Crippen LogP contribution in [-0.2, 0) is 9.53 Å². The zero-order valence-corrected chi connectivity index (χ0v) is 17.7. The van der Waals surface area contributed by atoms with E-state index < -0.39 is 5.97 Å². The van der Waals surface area contributed by atoms with Gasteiger partial charge in [0.15, 0.2) is 16.3 Å². The molecule has 1 atom stereocenters. The lowest BCUT2D eigenvalue weighted by atomic mass is 10.00. The van der Waals surface area contributed by atoms with Gasteiger partial charge in [-0.2, -0.15) is 0 Å². The fraction of sp³-hybridized carbons (Fsp3) is 0.381. The van der Waals surface area contributed by atoms with Crippen molar-refractivity contribution in [1.29, 1.82) is 0 Å². The number of benzene rings is 1. The van der Waals surface area contributed by atoms with Gasteiger partial charge < -0.3 is 14.6 Å². The number of allylic oxidation sites excluding steroid dienone is 1. The van der Waals surface area contributed by atoms with Crippen molar-refractivity contribution in [2.75, 3.05) is 13.7 Å². The lowest BCUT2D eigenvalue weighted by Gasteiger charge is -2.21. The van der Waals surface area contributed by atoms with Crippen molar-refractivity contribution in [2.24, 2.45) is 4.99 Å². The van der Waals surface area contributed by atoms with Crippen LogP contribution in [0.2, 0.25) is 0 Å². The van der Waals surface area contributed by atoms with Gasteiger partial charge in [0.25, 0.3) is 5.56 Å². The van der Waals surface area contributed by atoms with Gasteiger partial charge in [-0.25, -0.2) is 9.79 Å². The van der Waals surface area contributed by atoms with E-state index in [-0.39, 0.29) is 24.0 Å². The Morgan fingerprint density at radius 1 is 1.38 bits per heavy atom. The zero-order valence-electron chi connectivity index (χ0n) is 16.9. The Hall–Kier alpha value is -2.87. The van der Waals surface area contributed by atoms with Crippen molar-refractivity contribution in [3.63, 3.8) is 0 Å². The zero-order chi connectivity index (χ0) is 21.1. The molecule has 8 heteroatoms. The number of phenolic OH excluding ortho intramolecular Hbond substituents is 1. The summed E-state index contributed by atoms with van der Waals surface area (Å²) in [5.41, 5.74) is 1.48. The van der Waals surface area contributed by atoms with Gasteiger partial charge in [0, 0.05) is 5.70 Å². The predicted molar refractivity (Wildman–Crippen MR) is 112 cm³/mol. The fourth-order valence-corrected chi connectivity index (χ4v) is 4.39. The quantitative estimate of drug-likeness (QED) is 0.728. The van der Waals surface area contributed by atoms with Crippen LogP contribution in [0.5, 0.6) is 11.5 Å². The van der Waals surface area contributed by atoms with Gasteiger partial charge in [-0.1, -0.05) is 30.7 Å². The highest BCUT2D eigenvalue weighted by atomic mass is 32.1. The summed E-state index contributed by atoms with van der Waals surface area (Å²) in [6.45, 7) is 5.81. The van der Waals surface area contributed by atoms with Crippen molar-refractivity contribution in [3.05, 3.63) is 49.0 Å². The average Bonchev–Trinajstić information content (AvgIpc) is 2.99. The van der Waals surface area contributed by atoms with E-state index >= 15 is 0 Å². The van der Waals surface area contributed by atoms with E-state index in [2.05, 4.69) is 4.99 Å². The third kappa shape index (κ3) is 3.98. The molecule has 29 heavy (non-hydrogen) atoms. The second kappa shape index (κ2) is 8.65. The maximum atomic E-state index is 13.1. The van der Waals surface area contributed by atoms with Crippen LogP contribution in [0.3, 0.4) is 0 Å². The molecule has 0 bridgehead atoms. The predicted octanol–water partition coefficient (Wildman–Crippen LogP) is 2.05. The highest BCUT2D eigenvalue weighted by molar-refractivity contribution is 7.07. The third-order valence-corrected chi connectivity index (χ3v) is 5.67. The lowest BCUT2D eigenvalue weighted by Crippen LogP contribution is -2.37. The summed E-state index contributed by atoms with van der Waals surface area (Å²) in [7, 11) is 1.47. The molecular weight excluding hydrogens is 392 g/mol. The monoisotopic (exact) mass is 416 g/mol. The van der Waals surface area contributed by atoms with Crippen molar-refractivity contribution in [3.8, 4) is 11.5 Å². The van der Waals surface area contributed by atoms with Gasteiger partial charge in [-0.3, -0.25) is 9.36 Å². The molecule has 0 radical (unpaired) electrons. The number of esters is 1. The number of aromatic hydroxyl groups is 1. The largest absolute Gasteiger partial charge is 0.504 e. The van der Waals surface area contributed by atoms with Crippen LogP contribution in [0.15, 0.2) is 33.6 Å². The number of ether oxygens (including phenoxy) is 2. The first-order chi connectivity index (χ1) is 13.9. The summed E-state index contributed by atoms with van der Waals surface area (Å²) < 4.78 is 12.3. The van der Waals surface area contributed by atoms with Gasteiger partial charge in [-0.05, 0) is 44.0 Å². The van der Waals surface area contributed by atoms with Crippen molar-refractivity contribution in [1.82, 2.24) is 4.57 Å². The number of phenols is 1. The molecule has 3 rings (SSSR count). The van der Waals surface area contributed by atoms with E-state index in [1.54, 1.807) is 32.1 Å². The van der Waals surface area contributed by atoms with Gasteiger partial charge in [0.1, 0.15) is 0 Å². The van der Waals surface area contributed by atoms with E-state index in [0.717, 1.165) is 6.42 Å². The Bertz CT molecular complexity index is 1140. The molecular formula is C21H24N2O5S. The van der Waals surface area contributed by atoms with Gasteiger partial charge in [-0.15, -0.1) is 0 Å². The van der Waals surface area contributed by atoms with Crippen LogP contribution >= 0.6 is 11.3 Å². The third-order valence-electron chi connectivity index (χ3n) is 4.69. The number of methoxy groups -OCH3 is 1. The number of carbonyl (C=O) groups excluding carboxylic acids is 1. The SMILES string of the molecule is CCC[C@@H]1N=c2s/c(=C\c3ccc(O)c(OC)c3)c(=O)n2C(C)=C1C(=O)OCC. The maximum Gasteiger partial charge on any atom is 0.337 e. The molecule has 0 saturated heterocycles. The van der Waals surface area contributed by atoms with Gasteiger partial charge in [0.2, 0.25) is 0 Å². The van der Waals surface area contributed by atoms with E-state index in [4.69, 9.17) is 9.47 Å². The number of aromatic nitrogens is 1. The number of carbonyl (C=O) groups is 1. The molecule has 1 aromatic heterocycles. The summed E-state index contributed by atoms with van der Waals surface area (Å²) in [4.78, 5) is 30.8. The second-order valence-corrected chi connectivity index (χ2v) is 7.63. The van der Waals surface area contributed by atoms with Gasteiger partial charge in [0.05, 0.1) is 29.9 Å². The summed E-state index contributed by atoms with van der Waals surface area (Å²) in [5.74, 6) is -0.0691. The smallest absolute Gasteiger partial charge is 0.337 e. The minimum atomic E-state index is -0.426. The average molecular weight is 416 g/mol. The highest BCUT2D eigenvalue weighted by Crippen LogP contribution is 2.26. The number of nitrogens with zero attached hydrogens (tertiary/aromatic N) is 2. The molecule has 0 fully saturated rings. The van der Waals surface area contributed by atoms with E-state index in [1.807, 2.05) is 6.92 Å². The summed E-state index contributed by atoms with van der Waals surface area (Å²) in [5, 5.41) is 9.76. The van der Waals surface area contributed by atoms with Crippen LogP contribution in [0, 0.1) is 0 Å². The normalized spacial score (nSPS) is 16.4. The van der Waals surface area contributed by atoms with E-state index in [0.29, 0.717) is 38.3 Å². The molecule has 1 N–H and O–H groups in total. The Morgan fingerprint density at radius 2 is 2.14 bits per heavy atom. The van der Waals surface area contributed by atoms with Crippen molar-refractivity contribution < 1.29 is 19.4 Å². The topological polar surface area (TPSA) is 90.1 Å². The van der Waals surface area contributed by atoms with Crippen LogP contribution < -0.4 is 19.6 Å². The Kier molecular flexibility index (Phi) is 6.22. The minimum Gasteiger partial charge on any atom is -0.504 e. The first kappa shape index (κ1) is 20.9. The molecule has 1 aliphatic rings. The summed E-state index contributed by atoms with van der Waals surface area (Å²) in [6, 6.07) is 4.55. The molecule has 2 heterocycles. The number of rotatable bonds is 6. The first-order valence-corrected chi connectivity index (χ1v) is 10.3. The first-order valence-electron chi connectivity index (χ1n) is 9.47. The number of hydrogen-bond acceptors (Lipinski definition) is 7. The number of thiazole rings is 1. The molecule has 0 unspecified atom stereocenters. The maximum absolute atomic E-state index is 13.1. The van der Waals surface area contributed by atoms with E-state index in [1.165, 1.54) is 29.1 Å². The highest BCUT2D eigenvalue weighted by Gasteiger charge is 2.29. The molecule has 2 aromatic rings. The van der Waals surface area contributed by atoms with Gasteiger partial charge >= 0.3 is 5.97 Å². The van der Waals surface area contributed by atoms with E-state index in [9.17, 15) is 14.7 Å². The molecule has 0 amide bonds. The molecule has 154 valence electrons. The molecule has 1 aliphatic heterocycles. The Balaban J connectivity index is 2.18. The number of hydrogen-bond donors (Lipinski definition) is 1. The Morgan fingerprint density at radius 3 is 2.79 bits per heavy atom. The number of fused-ring (bicyclic) bond motifs is 1. The standard InChI is InChI=1S/C21H24N2O5S/c1-5-7-14-18(20(26)28-6-2)12(3)23-19(25)17(29-21(23)22-14)11-13-8-9-15(24)16(10-13)27-4/h8-11,14,24H,5-7H2,1-4H3/b17-11-/t14-/m0/s1. The van der Waals surface area contributed by atoms with Crippen LogP contribution in [0.1, 0.15) is 39.2 Å². The second-order valence-electron chi connectivity index (χ2n) is 6.62. The summed E-state index contributed by atoms with van der Waals surface area (Å²) in [6.07, 6.45) is 3.28. The molecule has 0 saturated carbocycles. The fourth-order valence-electron chi connectivity index (χ4n) is 3.33. The Labute approximate surface area is 172 Å².